The molecule has 0 spiro atoms. The van der Waals surface area contributed by atoms with Crippen molar-refractivity contribution in [3.8, 4) is 0 Å². The average Bonchev–Trinajstić information content (AvgIpc) is 2.41. The molecule has 1 atom stereocenters. The van der Waals surface area contributed by atoms with Gasteiger partial charge in [0.1, 0.15) is 0 Å². The first-order chi connectivity index (χ1) is 9.63. The Hall–Kier alpha value is -0.530. The molecular formula is C18H29ClO. The largest absolute Gasteiger partial charge is 0.393 e. The maximum absolute atomic E-state index is 10.1. The average molecular weight is 297 g/mol. The molecule has 0 bridgehead atoms. The summed E-state index contributed by atoms with van der Waals surface area (Å²) < 4.78 is 0. The molecule has 1 rings (SSSR count). The van der Waals surface area contributed by atoms with Crippen LogP contribution >= 0.6 is 11.6 Å². The summed E-state index contributed by atoms with van der Waals surface area (Å²) in [6, 6.07) is 6.06. The smallest absolute Gasteiger partial charge is 0.0581 e. The lowest BCUT2D eigenvalue weighted by molar-refractivity contribution is 0.161. The molecule has 0 amide bonds. The lowest BCUT2D eigenvalue weighted by atomic mass is 10.0. The van der Waals surface area contributed by atoms with Crippen molar-refractivity contribution in [3.63, 3.8) is 0 Å². The lowest BCUT2D eigenvalue weighted by Crippen LogP contribution is -2.10. The van der Waals surface area contributed by atoms with Crippen LogP contribution < -0.4 is 0 Å². The number of halogens is 1. The number of benzene rings is 1. The molecule has 0 fully saturated rings. The predicted molar refractivity (Wildman–Crippen MR) is 88.5 cm³/mol. The van der Waals surface area contributed by atoms with E-state index in [4.69, 9.17) is 11.6 Å². The molecule has 2 heteroatoms. The minimum atomic E-state index is -0.258. The van der Waals surface area contributed by atoms with Crippen LogP contribution in [0.15, 0.2) is 18.2 Å². The molecule has 1 aromatic carbocycles. The van der Waals surface area contributed by atoms with Crippen LogP contribution in [0.1, 0.15) is 69.4 Å². The third kappa shape index (κ3) is 7.31. The van der Waals surface area contributed by atoms with E-state index in [9.17, 15) is 5.11 Å². The van der Waals surface area contributed by atoms with E-state index in [0.29, 0.717) is 6.42 Å². The maximum Gasteiger partial charge on any atom is 0.0581 e. The molecule has 1 N–H and O–H groups in total. The second-order valence-electron chi connectivity index (χ2n) is 5.86. The van der Waals surface area contributed by atoms with Crippen LogP contribution in [0.2, 0.25) is 5.02 Å². The van der Waals surface area contributed by atoms with E-state index in [1.165, 1.54) is 44.1 Å². The highest BCUT2D eigenvalue weighted by Crippen LogP contribution is 2.20. The van der Waals surface area contributed by atoms with Gasteiger partial charge in [-0.15, -0.1) is 0 Å². The van der Waals surface area contributed by atoms with Gasteiger partial charge >= 0.3 is 0 Å². The SMILES string of the molecule is CCCCCCCCCC(O)Cc1ccc(C)cc1Cl. The van der Waals surface area contributed by atoms with E-state index in [-0.39, 0.29) is 6.10 Å². The monoisotopic (exact) mass is 296 g/mol. The van der Waals surface area contributed by atoms with E-state index in [2.05, 4.69) is 13.0 Å². The van der Waals surface area contributed by atoms with Crippen molar-refractivity contribution < 1.29 is 5.11 Å². The summed E-state index contributed by atoms with van der Waals surface area (Å²) in [7, 11) is 0. The van der Waals surface area contributed by atoms with Gasteiger partial charge in [0.15, 0.2) is 0 Å². The fourth-order valence-electron chi connectivity index (χ4n) is 2.51. The number of hydrogen-bond acceptors (Lipinski definition) is 1. The summed E-state index contributed by atoms with van der Waals surface area (Å²) in [4.78, 5) is 0. The quantitative estimate of drug-likeness (QED) is 0.550. The first-order valence-electron chi connectivity index (χ1n) is 8.06. The highest BCUT2D eigenvalue weighted by atomic mass is 35.5. The third-order valence-electron chi connectivity index (χ3n) is 3.81. The van der Waals surface area contributed by atoms with E-state index in [1.807, 2.05) is 19.1 Å². The second-order valence-corrected chi connectivity index (χ2v) is 6.27. The predicted octanol–water partition coefficient (Wildman–Crippen LogP) is 5.69. The normalized spacial score (nSPS) is 12.6. The van der Waals surface area contributed by atoms with Gasteiger partial charge in [-0.25, -0.2) is 0 Å². The van der Waals surface area contributed by atoms with Crippen molar-refractivity contribution in [1.29, 1.82) is 0 Å². The van der Waals surface area contributed by atoms with E-state index < -0.39 is 0 Å². The zero-order chi connectivity index (χ0) is 14.8. The Balaban J connectivity index is 2.15. The van der Waals surface area contributed by atoms with Gasteiger partial charge in [-0.05, 0) is 37.0 Å². The van der Waals surface area contributed by atoms with Gasteiger partial charge in [-0.3, -0.25) is 0 Å². The Bertz CT molecular complexity index is 376. The maximum atomic E-state index is 10.1. The van der Waals surface area contributed by atoms with Gasteiger partial charge in [0, 0.05) is 5.02 Å². The lowest BCUT2D eigenvalue weighted by Gasteiger charge is -2.12. The molecule has 114 valence electrons. The molecule has 0 aliphatic rings. The number of aliphatic hydroxyl groups is 1. The van der Waals surface area contributed by atoms with Crippen LogP contribution in [0, 0.1) is 6.92 Å². The molecule has 0 saturated carbocycles. The van der Waals surface area contributed by atoms with Crippen molar-refractivity contribution >= 4 is 11.6 Å². The topological polar surface area (TPSA) is 20.2 Å². The second kappa shape index (κ2) is 10.2. The van der Waals surface area contributed by atoms with Gasteiger partial charge in [-0.1, -0.05) is 75.6 Å². The highest BCUT2D eigenvalue weighted by Gasteiger charge is 2.08. The number of unbranched alkanes of at least 4 members (excludes halogenated alkanes) is 6. The molecule has 0 radical (unpaired) electrons. The van der Waals surface area contributed by atoms with Crippen molar-refractivity contribution in [1.82, 2.24) is 0 Å². The fraction of sp³-hybridized carbons (Fsp3) is 0.667. The number of rotatable bonds is 10. The highest BCUT2D eigenvalue weighted by molar-refractivity contribution is 6.31. The zero-order valence-electron chi connectivity index (χ0n) is 13.0. The minimum absolute atomic E-state index is 0.258. The first kappa shape index (κ1) is 17.5. The van der Waals surface area contributed by atoms with Gasteiger partial charge < -0.3 is 5.11 Å². The summed E-state index contributed by atoms with van der Waals surface area (Å²) in [6.07, 6.45) is 10.3. The van der Waals surface area contributed by atoms with Crippen LogP contribution in [0.5, 0.6) is 0 Å². The van der Waals surface area contributed by atoms with Crippen molar-refractivity contribution in [2.24, 2.45) is 0 Å². The van der Waals surface area contributed by atoms with Crippen LogP contribution in [0.25, 0.3) is 0 Å². The van der Waals surface area contributed by atoms with Crippen molar-refractivity contribution in [3.05, 3.63) is 34.3 Å². The van der Waals surface area contributed by atoms with Crippen molar-refractivity contribution in [2.45, 2.75) is 77.7 Å². The Morgan fingerprint density at radius 3 is 2.35 bits per heavy atom. The standard InChI is InChI=1S/C18H29ClO/c1-3-4-5-6-7-8-9-10-17(20)14-16-12-11-15(2)13-18(16)19/h11-13,17,20H,3-10,14H2,1-2H3. The Labute approximate surface area is 129 Å². The summed E-state index contributed by atoms with van der Waals surface area (Å²) in [5.41, 5.74) is 2.23. The molecular weight excluding hydrogens is 268 g/mol. The van der Waals surface area contributed by atoms with E-state index >= 15 is 0 Å². The van der Waals surface area contributed by atoms with Gasteiger partial charge in [0.25, 0.3) is 0 Å². The molecule has 0 aliphatic carbocycles. The van der Waals surface area contributed by atoms with E-state index in [0.717, 1.165) is 23.4 Å². The molecule has 1 unspecified atom stereocenters. The summed E-state index contributed by atoms with van der Waals surface area (Å²) in [5, 5.41) is 10.9. The van der Waals surface area contributed by atoms with Crippen LogP contribution in [0.4, 0.5) is 0 Å². The minimum Gasteiger partial charge on any atom is -0.393 e. The summed E-state index contributed by atoms with van der Waals surface area (Å²) in [6.45, 7) is 4.27. The third-order valence-corrected chi connectivity index (χ3v) is 4.16. The van der Waals surface area contributed by atoms with Gasteiger partial charge in [-0.2, -0.15) is 0 Å². The molecule has 0 saturated heterocycles. The molecule has 20 heavy (non-hydrogen) atoms. The molecule has 0 heterocycles. The van der Waals surface area contributed by atoms with Crippen LogP contribution in [0.3, 0.4) is 0 Å². The van der Waals surface area contributed by atoms with E-state index in [1.54, 1.807) is 0 Å². The number of aliphatic hydroxyl groups excluding tert-OH is 1. The first-order valence-corrected chi connectivity index (χ1v) is 8.44. The zero-order valence-corrected chi connectivity index (χ0v) is 13.8. The van der Waals surface area contributed by atoms with Crippen molar-refractivity contribution in [2.75, 3.05) is 0 Å². The summed E-state index contributed by atoms with van der Waals surface area (Å²) >= 11 is 6.19. The van der Waals surface area contributed by atoms with Gasteiger partial charge in [0.05, 0.1) is 6.10 Å². The summed E-state index contributed by atoms with van der Waals surface area (Å²) in [5.74, 6) is 0. The number of aryl methyl sites for hydroxylation is 1. The van der Waals surface area contributed by atoms with Crippen LogP contribution in [-0.4, -0.2) is 11.2 Å². The van der Waals surface area contributed by atoms with Crippen LogP contribution in [-0.2, 0) is 6.42 Å². The molecule has 0 aromatic heterocycles. The molecule has 0 aliphatic heterocycles. The Morgan fingerprint density at radius 2 is 1.70 bits per heavy atom. The molecule has 1 nitrogen and oxygen atoms in total. The molecule has 1 aromatic rings. The Kier molecular flexibility index (Phi) is 8.97. The fourth-order valence-corrected chi connectivity index (χ4v) is 2.82. The van der Waals surface area contributed by atoms with Gasteiger partial charge in [0.2, 0.25) is 0 Å². The number of hydrogen-bond donors (Lipinski definition) is 1. The Morgan fingerprint density at radius 1 is 1.05 bits per heavy atom.